The largest absolute Gasteiger partial charge is 0.383 e. The summed E-state index contributed by atoms with van der Waals surface area (Å²) in [5.74, 6) is 0. The van der Waals surface area contributed by atoms with Gasteiger partial charge in [-0.1, -0.05) is 6.92 Å². The van der Waals surface area contributed by atoms with Gasteiger partial charge in [0.1, 0.15) is 0 Å². The first-order chi connectivity index (χ1) is 8.10. The smallest absolute Gasteiger partial charge is 0.0738 e. The average Bonchev–Trinajstić information content (AvgIpc) is 2.51. The molecule has 1 unspecified atom stereocenters. The Morgan fingerprint density at radius 3 is 2.71 bits per heavy atom. The Morgan fingerprint density at radius 1 is 1.53 bits per heavy atom. The summed E-state index contributed by atoms with van der Waals surface area (Å²) in [4.78, 5) is 0. The standard InChI is InChI=1S/C12H22BrN3O/c1-5-14-10(8-17-4)6-7-11-12(13)9(2)15-16(11)3/h10,14H,5-8H2,1-4H3. The van der Waals surface area contributed by atoms with Crippen molar-refractivity contribution in [2.24, 2.45) is 7.05 Å². The Morgan fingerprint density at radius 2 is 2.24 bits per heavy atom. The van der Waals surface area contributed by atoms with Crippen molar-refractivity contribution >= 4 is 15.9 Å². The third-order valence-corrected chi connectivity index (χ3v) is 3.88. The second-order valence-electron chi connectivity index (χ2n) is 4.22. The SMILES string of the molecule is CCNC(CCc1c(Br)c(C)nn1C)COC. The van der Waals surface area contributed by atoms with Crippen LogP contribution in [0, 0.1) is 6.92 Å². The van der Waals surface area contributed by atoms with Crippen molar-refractivity contribution < 1.29 is 4.74 Å². The molecule has 1 rings (SSSR count). The van der Waals surface area contributed by atoms with Gasteiger partial charge in [0.2, 0.25) is 0 Å². The molecule has 0 spiro atoms. The van der Waals surface area contributed by atoms with Crippen LogP contribution in [-0.4, -0.2) is 36.1 Å². The monoisotopic (exact) mass is 303 g/mol. The summed E-state index contributed by atoms with van der Waals surface area (Å²) in [7, 11) is 3.74. The van der Waals surface area contributed by atoms with E-state index in [2.05, 4.69) is 33.3 Å². The number of hydrogen-bond acceptors (Lipinski definition) is 3. The van der Waals surface area contributed by atoms with E-state index < -0.39 is 0 Å². The number of aryl methyl sites for hydroxylation is 2. The van der Waals surface area contributed by atoms with E-state index in [4.69, 9.17) is 4.74 Å². The predicted octanol–water partition coefficient (Wildman–Crippen LogP) is 2.05. The molecule has 0 aliphatic heterocycles. The van der Waals surface area contributed by atoms with Crippen molar-refractivity contribution in [3.05, 3.63) is 15.9 Å². The minimum Gasteiger partial charge on any atom is -0.383 e. The molecule has 1 heterocycles. The van der Waals surface area contributed by atoms with E-state index in [1.807, 2.05) is 18.7 Å². The quantitative estimate of drug-likeness (QED) is 0.838. The van der Waals surface area contributed by atoms with Crippen LogP contribution in [0.3, 0.4) is 0 Å². The molecule has 0 saturated heterocycles. The fourth-order valence-corrected chi connectivity index (χ4v) is 2.53. The van der Waals surface area contributed by atoms with Crippen LogP contribution < -0.4 is 5.32 Å². The molecule has 0 saturated carbocycles. The number of aromatic nitrogens is 2. The molecule has 98 valence electrons. The van der Waals surface area contributed by atoms with Gasteiger partial charge >= 0.3 is 0 Å². The van der Waals surface area contributed by atoms with E-state index in [1.165, 1.54) is 5.69 Å². The Balaban J connectivity index is 2.58. The van der Waals surface area contributed by atoms with E-state index >= 15 is 0 Å². The van der Waals surface area contributed by atoms with Gasteiger partial charge in [0, 0.05) is 20.2 Å². The second-order valence-corrected chi connectivity index (χ2v) is 5.01. The average molecular weight is 304 g/mol. The molecule has 0 radical (unpaired) electrons. The summed E-state index contributed by atoms with van der Waals surface area (Å²) in [5, 5.41) is 7.83. The summed E-state index contributed by atoms with van der Waals surface area (Å²) < 4.78 is 8.30. The zero-order valence-electron chi connectivity index (χ0n) is 11.1. The molecular weight excluding hydrogens is 282 g/mol. The lowest BCUT2D eigenvalue weighted by molar-refractivity contribution is 0.163. The van der Waals surface area contributed by atoms with E-state index in [9.17, 15) is 0 Å². The molecular formula is C12H22BrN3O. The highest BCUT2D eigenvalue weighted by Crippen LogP contribution is 2.21. The number of nitrogens with one attached hydrogen (secondary N) is 1. The molecule has 1 atom stereocenters. The first-order valence-electron chi connectivity index (χ1n) is 6.00. The summed E-state index contributed by atoms with van der Waals surface area (Å²) in [5.41, 5.74) is 2.30. The third kappa shape index (κ3) is 4.08. The first-order valence-corrected chi connectivity index (χ1v) is 6.79. The van der Waals surface area contributed by atoms with Crippen molar-refractivity contribution in [3.8, 4) is 0 Å². The third-order valence-electron chi connectivity index (χ3n) is 2.85. The lowest BCUT2D eigenvalue weighted by atomic mass is 10.1. The predicted molar refractivity (Wildman–Crippen MR) is 73.3 cm³/mol. The molecule has 17 heavy (non-hydrogen) atoms. The van der Waals surface area contributed by atoms with Crippen molar-refractivity contribution in [2.45, 2.75) is 32.7 Å². The highest BCUT2D eigenvalue weighted by atomic mass is 79.9. The van der Waals surface area contributed by atoms with E-state index in [0.717, 1.165) is 36.2 Å². The van der Waals surface area contributed by atoms with Gasteiger partial charge in [-0.3, -0.25) is 4.68 Å². The summed E-state index contributed by atoms with van der Waals surface area (Å²) in [6.07, 6.45) is 2.05. The Hall–Kier alpha value is -0.390. The molecule has 1 aromatic heterocycles. The van der Waals surface area contributed by atoms with Gasteiger partial charge < -0.3 is 10.1 Å². The van der Waals surface area contributed by atoms with Crippen LogP contribution in [0.2, 0.25) is 0 Å². The van der Waals surface area contributed by atoms with Gasteiger partial charge in [-0.05, 0) is 42.2 Å². The van der Waals surface area contributed by atoms with Crippen molar-refractivity contribution in [1.82, 2.24) is 15.1 Å². The highest BCUT2D eigenvalue weighted by Gasteiger charge is 2.13. The number of methoxy groups -OCH3 is 1. The first kappa shape index (κ1) is 14.7. The van der Waals surface area contributed by atoms with Gasteiger partial charge in [-0.15, -0.1) is 0 Å². The van der Waals surface area contributed by atoms with Gasteiger partial charge in [-0.25, -0.2) is 0 Å². The lowest BCUT2D eigenvalue weighted by Crippen LogP contribution is -2.33. The molecule has 0 bridgehead atoms. The maximum Gasteiger partial charge on any atom is 0.0738 e. The number of rotatable bonds is 7. The van der Waals surface area contributed by atoms with Gasteiger partial charge in [0.05, 0.1) is 22.5 Å². The fourth-order valence-electron chi connectivity index (χ4n) is 2.00. The summed E-state index contributed by atoms with van der Waals surface area (Å²) in [6.45, 7) is 5.86. The number of likely N-dealkylation sites (N-methyl/N-ethyl adjacent to an activating group) is 1. The molecule has 0 fully saturated rings. The maximum absolute atomic E-state index is 5.21. The molecule has 5 heteroatoms. The Bertz CT molecular complexity index is 346. The van der Waals surface area contributed by atoms with Gasteiger partial charge in [0.15, 0.2) is 0 Å². The highest BCUT2D eigenvalue weighted by molar-refractivity contribution is 9.10. The van der Waals surface area contributed by atoms with Crippen LogP contribution in [0.15, 0.2) is 4.47 Å². The number of halogens is 1. The second kappa shape index (κ2) is 7.13. The van der Waals surface area contributed by atoms with Crippen molar-refractivity contribution in [3.63, 3.8) is 0 Å². The minimum atomic E-state index is 0.409. The maximum atomic E-state index is 5.21. The summed E-state index contributed by atoms with van der Waals surface area (Å²) in [6, 6.07) is 0.409. The number of hydrogen-bond donors (Lipinski definition) is 1. The van der Waals surface area contributed by atoms with E-state index in [0.29, 0.717) is 6.04 Å². The van der Waals surface area contributed by atoms with Gasteiger partial charge in [-0.2, -0.15) is 5.10 Å². The van der Waals surface area contributed by atoms with Gasteiger partial charge in [0.25, 0.3) is 0 Å². The van der Waals surface area contributed by atoms with Crippen LogP contribution in [-0.2, 0) is 18.2 Å². The minimum absolute atomic E-state index is 0.409. The number of nitrogens with zero attached hydrogens (tertiary/aromatic N) is 2. The molecule has 1 N–H and O–H groups in total. The zero-order chi connectivity index (χ0) is 12.8. The van der Waals surface area contributed by atoms with E-state index in [-0.39, 0.29) is 0 Å². The number of ether oxygens (including phenoxy) is 1. The normalized spacial score (nSPS) is 13.0. The molecule has 0 aliphatic carbocycles. The lowest BCUT2D eigenvalue weighted by Gasteiger charge is -2.16. The molecule has 0 amide bonds. The van der Waals surface area contributed by atoms with E-state index in [1.54, 1.807) is 7.11 Å². The van der Waals surface area contributed by atoms with Crippen LogP contribution in [0.25, 0.3) is 0 Å². The van der Waals surface area contributed by atoms with Crippen molar-refractivity contribution in [1.29, 1.82) is 0 Å². The summed E-state index contributed by atoms with van der Waals surface area (Å²) >= 11 is 3.59. The van der Waals surface area contributed by atoms with Crippen LogP contribution in [0.4, 0.5) is 0 Å². The van der Waals surface area contributed by atoms with Crippen LogP contribution in [0.5, 0.6) is 0 Å². The Kier molecular flexibility index (Phi) is 6.16. The molecule has 0 aliphatic rings. The molecule has 4 nitrogen and oxygen atoms in total. The topological polar surface area (TPSA) is 39.1 Å². The van der Waals surface area contributed by atoms with Crippen LogP contribution >= 0.6 is 15.9 Å². The molecule has 1 aromatic rings. The molecule has 0 aromatic carbocycles. The van der Waals surface area contributed by atoms with Crippen molar-refractivity contribution in [2.75, 3.05) is 20.3 Å². The van der Waals surface area contributed by atoms with Crippen LogP contribution in [0.1, 0.15) is 24.7 Å². The zero-order valence-corrected chi connectivity index (χ0v) is 12.7. The Labute approximate surface area is 112 Å². The fraction of sp³-hybridized carbons (Fsp3) is 0.750.